The monoisotopic (exact) mass is 215 g/mol. The molecule has 15 heavy (non-hydrogen) atoms. The van der Waals surface area contributed by atoms with Gasteiger partial charge in [0.15, 0.2) is 0 Å². The third-order valence-corrected chi connectivity index (χ3v) is 2.25. The molecule has 0 atom stereocenters. The largest absolute Gasteiger partial charge is 0.382 e. The maximum Gasteiger partial charge on any atom is 0.0704 e. The lowest BCUT2D eigenvalue weighted by atomic mass is 10.1. The van der Waals surface area contributed by atoms with Crippen molar-refractivity contribution in [1.29, 1.82) is 0 Å². The van der Waals surface area contributed by atoms with Crippen LogP contribution in [0, 0.1) is 0 Å². The summed E-state index contributed by atoms with van der Waals surface area (Å²) in [5, 5.41) is 3.27. The van der Waals surface area contributed by atoms with E-state index in [2.05, 4.69) is 11.4 Å². The van der Waals surface area contributed by atoms with Crippen LogP contribution in [0.4, 0.5) is 0 Å². The number of ether oxygens (including phenoxy) is 3. The fraction of sp³-hybridized carbons (Fsp3) is 0.818. The van der Waals surface area contributed by atoms with Crippen LogP contribution < -0.4 is 5.32 Å². The van der Waals surface area contributed by atoms with Crippen LogP contribution in [0.2, 0.25) is 0 Å². The lowest BCUT2D eigenvalue weighted by molar-refractivity contribution is 0.0296. The zero-order chi connectivity index (χ0) is 10.8. The predicted octanol–water partition coefficient (Wildman–Crippen LogP) is 0.586. The maximum atomic E-state index is 5.49. The fourth-order valence-corrected chi connectivity index (χ4v) is 1.37. The number of hydrogen-bond acceptors (Lipinski definition) is 4. The van der Waals surface area contributed by atoms with E-state index >= 15 is 0 Å². The Kier molecular flexibility index (Phi) is 7.47. The Balaban J connectivity index is 1.86. The van der Waals surface area contributed by atoms with Crippen molar-refractivity contribution in [2.75, 3.05) is 53.2 Å². The highest BCUT2D eigenvalue weighted by Gasteiger charge is 2.02. The van der Waals surface area contributed by atoms with Crippen molar-refractivity contribution >= 4 is 0 Å². The Hall–Kier alpha value is -0.420. The SMILES string of the molecule is COCCOCCOCC1=CCNCC1. The molecule has 0 spiro atoms. The van der Waals surface area contributed by atoms with Gasteiger partial charge in [-0.05, 0) is 18.5 Å². The number of hydrogen-bond donors (Lipinski definition) is 1. The van der Waals surface area contributed by atoms with Gasteiger partial charge in [0.2, 0.25) is 0 Å². The van der Waals surface area contributed by atoms with Crippen molar-refractivity contribution < 1.29 is 14.2 Å². The summed E-state index contributed by atoms with van der Waals surface area (Å²) >= 11 is 0. The van der Waals surface area contributed by atoms with Crippen molar-refractivity contribution in [3.63, 3.8) is 0 Å². The highest BCUT2D eigenvalue weighted by atomic mass is 16.5. The predicted molar refractivity (Wildman–Crippen MR) is 59.1 cm³/mol. The lowest BCUT2D eigenvalue weighted by Gasteiger charge is -2.14. The van der Waals surface area contributed by atoms with Crippen LogP contribution in [-0.4, -0.2) is 53.2 Å². The molecular formula is C11H21NO3. The summed E-state index contributed by atoms with van der Waals surface area (Å²) in [6.45, 7) is 5.39. The minimum atomic E-state index is 0.645. The van der Waals surface area contributed by atoms with Crippen molar-refractivity contribution in [2.45, 2.75) is 6.42 Å². The average Bonchev–Trinajstić information content (AvgIpc) is 2.29. The van der Waals surface area contributed by atoms with Gasteiger partial charge in [-0.25, -0.2) is 0 Å². The van der Waals surface area contributed by atoms with Gasteiger partial charge in [0.25, 0.3) is 0 Å². The van der Waals surface area contributed by atoms with E-state index < -0.39 is 0 Å². The normalized spacial score (nSPS) is 16.5. The summed E-state index contributed by atoms with van der Waals surface area (Å²) in [6.07, 6.45) is 3.31. The first kappa shape index (κ1) is 12.6. The standard InChI is InChI=1S/C11H21NO3/c1-13-6-7-14-8-9-15-10-11-2-4-12-5-3-11/h2,12H,3-10H2,1H3. The molecule has 1 N–H and O–H groups in total. The molecule has 4 nitrogen and oxygen atoms in total. The molecular weight excluding hydrogens is 194 g/mol. The van der Waals surface area contributed by atoms with E-state index in [-0.39, 0.29) is 0 Å². The van der Waals surface area contributed by atoms with Crippen LogP contribution >= 0.6 is 0 Å². The van der Waals surface area contributed by atoms with Crippen molar-refractivity contribution in [3.05, 3.63) is 11.6 Å². The first-order chi connectivity index (χ1) is 7.43. The number of nitrogens with one attached hydrogen (secondary N) is 1. The van der Waals surface area contributed by atoms with Crippen molar-refractivity contribution in [2.24, 2.45) is 0 Å². The quantitative estimate of drug-likeness (QED) is 0.475. The molecule has 0 bridgehead atoms. The van der Waals surface area contributed by atoms with Crippen LogP contribution in [0.5, 0.6) is 0 Å². The third-order valence-electron chi connectivity index (χ3n) is 2.25. The van der Waals surface area contributed by atoms with E-state index in [0.29, 0.717) is 26.4 Å². The van der Waals surface area contributed by atoms with E-state index in [1.54, 1.807) is 7.11 Å². The zero-order valence-corrected chi connectivity index (χ0v) is 9.46. The Morgan fingerprint density at radius 3 is 2.73 bits per heavy atom. The zero-order valence-electron chi connectivity index (χ0n) is 9.46. The molecule has 1 aliphatic heterocycles. The maximum absolute atomic E-state index is 5.49. The lowest BCUT2D eigenvalue weighted by Crippen LogP contribution is -2.22. The molecule has 88 valence electrons. The molecule has 1 heterocycles. The van der Waals surface area contributed by atoms with Crippen LogP contribution in [0.1, 0.15) is 6.42 Å². The Bertz CT molecular complexity index is 183. The third kappa shape index (κ3) is 6.62. The highest BCUT2D eigenvalue weighted by molar-refractivity contribution is 5.06. The Labute approximate surface area is 91.6 Å². The van der Waals surface area contributed by atoms with Crippen molar-refractivity contribution in [1.82, 2.24) is 5.32 Å². The van der Waals surface area contributed by atoms with Crippen LogP contribution in [0.3, 0.4) is 0 Å². The number of rotatable bonds is 8. The van der Waals surface area contributed by atoms with E-state index in [1.807, 2.05) is 0 Å². The second-order valence-corrected chi connectivity index (χ2v) is 3.47. The van der Waals surface area contributed by atoms with Crippen LogP contribution in [0.15, 0.2) is 11.6 Å². The van der Waals surface area contributed by atoms with Gasteiger partial charge in [-0.2, -0.15) is 0 Å². The van der Waals surface area contributed by atoms with Gasteiger partial charge >= 0.3 is 0 Å². The molecule has 0 aromatic heterocycles. The molecule has 0 amide bonds. The van der Waals surface area contributed by atoms with Crippen LogP contribution in [-0.2, 0) is 14.2 Å². The number of methoxy groups -OCH3 is 1. The first-order valence-electron chi connectivity index (χ1n) is 5.46. The van der Waals surface area contributed by atoms with Gasteiger partial charge in [0, 0.05) is 13.7 Å². The Morgan fingerprint density at radius 1 is 1.20 bits per heavy atom. The molecule has 1 rings (SSSR count). The van der Waals surface area contributed by atoms with E-state index in [9.17, 15) is 0 Å². The summed E-state index contributed by atoms with van der Waals surface area (Å²) in [7, 11) is 1.67. The van der Waals surface area contributed by atoms with Gasteiger partial charge in [-0.3, -0.25) is 0 Å². The minimum absolute atomic E-state index is 0.645. The van der Waals surface area contributed by atoms with E-state index in [4.69, 9.17) is 14.2 Å². The van der Waals surface area contributed by atoms with Crippen LogP contribution in [0.25, 0.3) is 0 Å². The second kappa shape index (κ2) is 8.85. The van der Waals surface area contributed by atoms with E-state index in [0.717, 1.165) is 26.1 Å². The van der Waals surface area contributed by atoms with Gasteiger partial charge in [-0.15, -0.1) is 0 Å². The van der Waals surface area contributed by atoms with Gasteiger partial charge in [-0.1, -0.05) is 6.08 Å². The molecule has 4 heteroatoms. The smallest absolute Gasteiger partial charge is 0.0704 e. The summed E-state index contributed by atoms with van der Waals surface area (Å²) in [5.41, 5.74) is 1.39. The molecule has 0 saturated carbocycles. The molecule has 1 aliphatic rings. The fourth-order valence-electron chi connectivity index (χ4n) is 1.37. The molecule has 0 radical (unpaired) electrons. The molecule has 0 saturated heterocycles. The summed E-state index contributed by atoms with van der Waals surface area (Å²) in [6, 6.07) is 0. The first-order valence-corrected chi connectivity index (χ1v) is 5.46. The van der Waals surface area contributed by atoms with Gasteiger partial charge in [0.05, 0.1) is 33.0 Å². The Morgan fingerprint density at radius 2 is 2.00 bits per heavy atom. The topological polar surface area (TPSA) is 39.7 Å². The van der Waals surface area contributed by atoms with Gasteiger partial charge < -0.3 is 19.5 Å². The summed E-state index contributed by atoms with van der Waals surface area (Å²) < 4.78 is 15.6. The molecule has 0 aromatic carbocycles. The second-order valence-electron chi connectivity index (χ2n) is 3.47. The van der Waals surface area contributed by atoms with Gasteiger partial charge in [0.1, 0.15) is 0 Å². The van der Waals surface area contributed by atoms with Crippen molar-refractivity contribution in [3.8, 4) is 0 Å². The van der Waals surface area contributed by atoms with E-state index in [1.165, 1.54) is 5.57 Å². The minimum Gasteiger partial charge on any atom is -0.382 e. The average molecular weight is 215 g/mol. The molecule has 0 aromatic rings. The molecule has 0 unspecified atom stereocenters. The molecule has 0 aliphatic carbocycles. The molecule has 0 fully saturated rings. The summed E-state index contributed by atoms with van der Waals surface area (Å²) in [4.78, 5) is 0. The summed E-state index contributed by atoms with van der Waals surface area (Å²) in [5.74, 6) is 0. The highest BCUT2D eigenvalue weighted by Crippen LogP contribution is 2.04.